The highest BCUT2D eigenvalue weighted by Crippen LogP contribution is 2.14. The molecule has 0 aliphatic rings. The predicted molar refractivity (Wildman–Crippen MR) is 64.7 cm³/mol. The topological polar surface area (TPSA) is 66.4 Å². The molecule has 2 atom stereocenters. The summed E-state index contributed by atoms with van der Waals surface area (Å²) in [6.45, 7) is 3.40. The van der Waals surface area contributed by atoms with Crippen molar-refractivity contribution in [1.82, 2.24) is 5.32 Å². The fraction of sp³-hybridized carbons (Fsp3) is 0.385. The number of nitrogens with one attached hydrogen (secondary N) is 1. The van der Waals surface area contributed by atoms with Crippen LogP contribution in [0.5, 0.6) is 0 Å². The first-order valence-corrected chi connectivity index (χ1v) is 5.86. The van der Waals surface area contributed by atoms with E-state index >= 15 is 0 Å². The van der Waals surface area contributed by atoms with Crippen molar-refractivity contribution in [2.45, 2.75) is 26.3 Å². The molecule has 19 heavy (non-hydrogen) atoms. The monoisotopic (exact) mass is 271 g/mol. The maximum atomic E-state index is 13.4. The first kappa shape index (κ1) is 15.1. The molecular formula is C13H15F2NO3. The second kappa shape index (κ2) is 6.26. The van der Waals surface area contributed by atoms with Crippen LogP contribution in [0.1, 0.15) is 30.6 Å². The van der Waals surface area contributed by atoms with Crippen molar-refractivity contribution in [1.29, 1.82) is 0 Å². The van der Waals surface area contributed by atoms with Crippen LogP contribution < -0.4 is 5.32 Å². The van der Waals surface area contributed by atoms with Gasteiger partial charge in [-0.3, -0.25) is 4.79 Å². The van der Waals surface area contributed by atoms with E-state index in [4.69, 9.17) is 5.11 Å². The molecule has 1 rings (SSSR count). The normalized spacial score (nSPS) is 13.7. The molecule has 0 spiro atoms. The van der Waals surface area contributed by atoms with Gasteiger partial charge in [0.05, 0.1) is 0 Å². The molecule has 0 saturated carbocycles. The van der Waals surface area contributed by atoms with E-state index in [1.807, 2.05) is 0 Å². The van der Waals surface area contributed by atoms with Gasteiger partial charge in [-0.15, -0.1) is 0 Å². The van der Waals surface area contributed by atoms with Crippen LogP contribution in [0.25, 0.3) is 0 Å². The van der Waals surface area contributed by atoms with Crippen LogP contribution in [0.3, 0.4) is 0 Å². The number of amides is 1. The van der Waals surface area contributed by atoms with Gasteiger partial charge < -0.3 is 10.4 Å². The number of benzene rings is 1. The molecule has 2 N–H and O–H groups in total. The third kappa shape index (κ3) is 3.49. The zero-order chi connectivity index (χ0) is 14.6. The molecule has 0 aliphatic heterocycles. The lowest BCUT2D eigenvalue weighted by Gasteiger charge is -2.20. The van der Waals surface area contributed by atoms with E-state index in [0.29, 0.717) is 6.42 Å². The number of carboxylic acids is 1. The molecular weight excluding hydrogens is 256 g/mol. The third-order valence-electron chi connectivity index (χ3n) is 2.96. The summed E-state index contributed by atoms with van der Waals surface area (Å²) in [7, 11) is 0. The van der Waals surface area contributed by atoms with Crippen LogP contribution >= 0.6 is 0 Å². The van der Waals surface area contributed by atoms with E-state index in [-0.39, 0.29) is 5.92 Å². The van der Waals surface area contributed by atoms with Crippen LogP contribution in [0.4, 0.5) is 8.78 Å². The molecule has 104 valence electrons. The molecule has 6 heteroatoms. The van der Waals surface area contributed by atoms with Crippen molar-refractivity contribution in [3.05, 3.63) is 35.4 Å². The quantitative estimate of drug-likeness (QED) is 0.862. The predicted octanol–water partition coefficient (Wildman–Crippen LogP) is 2.19. The molecule has 0 saturated heterocycles. The van der Waals surface area contributed by atoms with Crippen molar-refractivity contribution in [3.8, 4) is 0 Å². The molecule has 1 aromatic rings. The molecule has 1 aromatic carbocycles. The van der Waals surface area contributed by atoms with Gasteiger partial charge in [0.1, 0.15) is 23.2 Å². The molecule has 0 unspecified atom stereocenters. The van der Waals surface area contributed by atoms with Crippen LogP contribution in [0.15, 0.2) is 18.2 Å². The Bertz CT molecular complexity index is 471. The Hall–Kier alpha value is -1.98. The van der Waals surface area contributed by atoms with E-state index in [0.717, 1.165) is 18.2 Å². The largest absolute Gasteiger partial charge is 0.480 e. The van der Waals surface area contributed by atoms with Gasteiger partial charge in [0.15, 0.2) is 0 Å². The number of aliphatic carboxylic acids is 1. The zero-order valence-corrected chi connectivity index (χ0v) is 10.6. The van der Waals surface area contributed by atoms with Crippen LogP contribution in [0, 0.1) is 17.6 Å². The number of carboxylic acid groups (broad SMARTS) is 1. The number of carbonyl (C=O) groups excluding carboxylic acids is 1. The van der Waals surface area contributed by atoms with Crippen molar-refractivity contribution in [2.75, 3.05) is 0 Å². The highest BCUT2D eigenvalue weighted by atomic mass is 19.1. The summed E-state index contributed by atoms with van der Waals surface area (Å²) in [5.74, 6) is -4.70. The van der Waals surface area contributed by atoms with Gasteiger partial charge in [0, 0.05) is 0 Å². The third-order valence-corrected chi connectivity index (χ3v) is 2.96. The summed E-state index contributed by atoms with van der Waals surface area (Å²) >= 11 is 0. The molecule has 0 fully saturated rings. The second-order valence-electron chi connectivity index (χ2n) is 4.27. The summed E-state index contributed by atoms with van der Waals surface area (Å²) in [6.07, 6.45) is 0.511. The van der Waals surface area contributed by atoms with Crippen molar-refractivity contribution < 1.29 is 23.5 Å². The van der Waals surface area contributed by atoms with Crippen molar-refractivity contribution in [2.24, 2.45) is 5.92 Å². The fourth-order valence-corrected chi connectivity index (χ4v) is 1.61. The second-order valence-corrected chi connectivity index (χ2v) is 4.27. The summed E-state index contributed by atoms with van der Waals surface area (Å²) in [6, 6.07) is 1.83. The number of hydrogen-bond donors (Lipinski definition) is 2. The van der Waals surface area contributed by atoms with Gasteiger partial charge >= 0.3 is 5.97 Å². The van der Waals surface area contributed by atoms with Gasteiger partial charge in [-0.1, -0.05) is 26.3 Å². The van der Waals surface area contributed by atoms with Crippen molar-refractivity contribution >= 4 is 11.9 Å². The summed E-state index contributed by atoms with van der Waals surface area (Å²) in [4.78, 5) is 22.8. The minimum Gasteiger partial charge on any atom is -0.480 e. The first-order valence-electron chi connectivity index (χ1n) is 5.86. The SMILES string of the molecule is CC[C@H](C)[C@H](NC(=O)c1c(F)cccc1F)C(=O)O. The van der Waals surface area contributed by atoms with Gasteiger partial charge in [-0.05, 0) is 18.1 Å². The standard InChI is InChI=1S/C13H15F2NO3/c1-3-7(2)11(13(18)19)16-12(17)10-8(14)5-4-6-9(10)15/h4-7,11H,3H2,1-2H3,(H,16,17)(H,18,19)/t7-,11-/m0/s1. The Morgan fingerprint density at radius 1 is 1.32 bits per heavy atom. The smallest absolute Gasteiger partial charge is 0.326 e. The average molecular weight is 271 g/mol. The maximum absolute atomic E-state index is 13.4. The van der Waals surface area contributed by atoms with Crippen LogP contribution in [-0.2, 0) is 4.79 Å². The van der Waals surface area contributed by atoms with E-state index in [2.05, 4.69) is 5.32 Å². The number of rotatable bonds is 5. The van der Waals surface area contributed by atoms with Gasteiger partial charge in [-0.2, -0.15) is 0 Å². The van der Waals surface area contributed by atoms with Crippen LogP contribution in [0.2, 0.25) is 0 Å². The molecule has 1 amide bonds. The zero-order valence-electron chi connectivity index (χ0n) is 10.6. The van der Waals surface area contributed by atoms with E-state index in [1.54, 1.807) is 13.8 Å². The minimum absolute atomic E-state index is 0.351. The molecule has 4 nitrogen and oxygen atoms in total. The molecule has 0 aromatic heterocycles. The van der Waals surface area contributed by atoms with Gasteiger partial charge in [0.25, 0.3) is 5.91 Å². The lowest BCUT2D eigenvalue weighted by atomic mass is 9.99. The fourth-order valence-electron chi connectivity index (χ4n) is 1.61. The number of halogens is 2. The lowest BCUT2D eigenvalue weighted by molar-refractivity contribution is -0.140. The van der Waals surface area contributed by atoms with Crippen molar-refractivity contribution in [3.63, 3.8) is 0 Å². The highest BCUT2D eigenvalue weighted by Gasteiger charge is 2.27. The Morgan fingerprint density at radius 3 is 2.26 bits per heavy atom. The molecule has 0 bridgehead atoms. The highest BCUT2D eigenvalue weighted by molar-refractivity contribution is 5.97. The Morgan fingerprint density at radius 2 is 1.84 bits per heavy atom. The molecule has 0 aliphatic carbocycles. The number of carbonyl (C=O) groups is 2. The summed E-state index contributed by atoms with van der Waals surface area (Å²) < 4.78 is 26.8. The van der Waals surface area contributed by atoms with Gasteiger partial charge in [-0.25, -0.2) is 13.6 Å². The average Bonchev–Trinajstić information content (AvgIpc) is 2.34. The Kier molecular flexibility index (Phi) is 4.97. The summed E-state index contributed by atoms with van der Waals surface area (Å²) in [5, 5.41) is 11.2. The minimum atomic E-state index is -1.24. The summed E-state index contributed by atoms with van der Waals surface area (Å²) in [5.41, 5.74) is -0.767. The van der Waals surface area contributed by atoms with Crippen LogP contribution in [-0.4, -0.2) is 23.0 Å². The lowest BCUT2D eigenvalue weighted by Crippen LogP contribution is -2.45. The Balaban J connectivity index is 2.98. The maximum Gasteiger partial charge on any atom is 0.326 e. The van der Waals surface area contributed by atoms with E-state index < -0.39 is 35.1 Å². The Labute approximate surface area is 109 Å². The van der Waals surface area contributed by atoms with Gasteiger partial charge in [0.2, 0.25) is 0 Å². The van der Waals surface area contributed by atoms with E-state index in [9.17, 15) is 18.4 Å². The first-order chi connectivity index (χ1) is 8.88. The molecule has 0 radical (unpaired) electrons. The number of hydrogen-bond acceptors (Lipinski definition) is 2. The molecule has 0 heterocycles. The van der Waals surface area contributed by atoms with E-state index in [1.165, 1.54) is 0 Å².